The molecule has 0 aromatic carbocycles. The fraction of sp³-hybridized carbons (Fsp3) is 0.733. The second-order valence-corrected chi connectivity index (χ2v) is 6.30. The number of nitrogens with zero attached hydrogens (tertiary/aromatic N) is 4. The molecule has 118 valence electrons. The standard InChI is InChI=1S/C15H26N4O2/c1-10-14(11(2)18(5)16-10)7-15(21)19-9-13(20)6-12(19)8-17(3)4/h12-13,20H,6-9H2,1-5H3. The van der Waals surface area contributed by atoms with Crippen molar-refractivity contribution in [3.63, 3.8) is 0 Å². The first-order valence-corrected chi connectivity index (χ1v) is 7.41. The third-order valence-corrected chi connectivity index (χ3v) is 4.28. The molecule has 0 bridgehead atoms. The molecule has 0 spiro atoms. The SMILES string of the molecule is Cc1nn(C)c(C)c1CC(=O)N1CC(O)CC1CN(C)C. The topological polar surface area (TPSA) is 61.6 Å². The number of carbonyl (C=O) groups is 1. The van der Waals surface area contributed by atoms with Gasteiger partial charge in [0.15, 0.2) is 0 Å². The third kappa shape index (κ3) is 3.44. The van der Waals surface area contributed by atoms with Crippen molar-refractivity contribution in [1.82, 2.24) is 19.6 Å². The van der Waals surface area contributed by atoms with Crippen LogP contribution >= 0.6 is 0 Å². The smallest absolute Gasteiger partial charge is 0.227 e. The molecule has 0 aliphatic carbocycles. The van der Waals surface area contributed by atoms with Crippen LogP contribution in [0.4, 0.5) is 0 Å². The number of rotatable bonds is 4. The fourth-order valence-electron chi connectivity index (χ4n) is 3.12. The number of likely N-dealkylation sites (N-methyl/N-ethyl adjacent to an activating group) is 1. The molecule has 1 aliphatic heterocycles. The molecule has 1 aromatic heterocycles. The van der Waals surface area contributed by atoms with Crippen LogP contribution in [0.25, 0.3) is 0 Å². The van der Waals surface area contributed by atoms with Crippen LogP contribution in [-0.4, -0.2) is 69.9 Å². The molecule has 6 nitrogen and oxygen atoms in total. The molecular formula is C15H26N4O2. The van der Waals surface area contributed by atoms with Crippen molar-refractivity contribution in [3.05, 3.63) is 17.0 Å². The van der Waals surface area contributed by atoms with Gasteiger partial charge in [-0.15, -0.1) is 0 Å². The van der Waals surface area contributed by atoms with Crippen molar-refractivity contribution >= 4 is 5.91 Å². The highest BCUT2D eigenvalue weighted by molar-refractivity contribution is 5.80. The number of likely N-dealkylation sites (tertiary alicyclic amines) is 1. The molecule has 1 amide bonds. The van der Waals surface area contributed by atoms with Crippen molar-refractivity contribution in [3.8, 4) is 0 Å². The Hall–Kier alpha value is -1.40. The second-order valence-electron chi connectivity index (χ2n) is 6.30. The highest BCUT2D eigenvalue weighted by Gasteiger charge is 2.34. The first kappa shape index (κ1) is 16.0. The average Bonchev–Trinajstić information content (AvgIpc) is 2.84. The molecule has 1 saturated heterocycles. The fourth-order valence-corrected chi connectivity index (χ4v) is 3.12. The minimum atomic E-state index is -0.407. The van der Waals surface area contributed by atoms with Crippen LogP contribution in [0, 0.1) is 13.8 Å². The molecule has 1 aromatic rings. The van der Waals surface area contributed by atoms with Crippen LogP contribution in [0.3, 0.4) is 0 Å². The molecule has 2 atom stereocenters. The molecule has 2 unspecified atom stereocenters. The minimum Gasteiger partial charge on any atom is -0.391 e. The van der Waals surface area contributed by atoms with Crippen LogP contribution in [0.15, 0.2) is 0 Å². The predicted molar refractivity (Wildman–Crippen MR) is 81.1 cm³/mol. The molecule has 21 heavy (non-hydrogen) atoms. The van der Waals surface area contributed by atoms with E-state index in [1.54, 1.807) is 0 Å². The van der Waals surface area contributed by atoms with Crippen molar-refractivity contribution < 1.29 is 9.90 Å². The number of hydrogen-bond donors (Lipinski definition) is 1. The van der Waals surface area contributed by atoms with Gasteiger partial charge < -0.3 is 14.9 Å². The van der Waals surface area contributed by atoms with E-state index in [-0.39, 0.29) is 11.9 Å². The zero-order chi connectivity index (χ0) is 15.7. The second kappa shape index (κ2) is 6.15. The van der Waals surface area contributed by atoms with E-state index in [0.29, 0.717) is 19.4 Å². The van der Waals surface area contributed by atoms with Gasteiger partial charge in [-0.1, -0.05) is 0 Å². The number of aryl methyl sites for hydroxylation is 2. The highest BCUT2D eigenvalue weighted by Crippen LogP contribution is 2.21. The van der Waals surface area contributed by atoms with E-state index in [4.69, 9.17) is 0 Å². The summed E-state index contributed by atoms with van der Waals surface area (Å²) in [4.78, 5) is 16.5. The molecule has 2 rings (SSSR count). The van der Waals surface area contributed by atoms with Crippen LogP contribution in [0.2, 0.25) is 0 Å². The van der Waals surface area contributed by atoms with Gasteiger partial charge in [0.1, 0.15) is 0 Å². The van der Waals surface area contributed by atoms with Crippen LogP contribution in [0.5, 0.6) is 0 Å². The summed E-state index contributed by atoms with van der Waals surface area (Å²) in [5, 5.41) is 14.2. The number of carbonyl (C=O) groups excluding carboxylic acids is 1. The first-order valence-electron chi connectivity index (χ1n) is 7.41. The Kier molecular flexibility index (Phi) is 4.68. The van der Waals surface area contributed by atoms with Crippen molar-refractivity contribution in [2.24, 2.45) is 7.05 Å². The summed E-state index contributed by atoms with van der Waals surface area (Å²) >= 11 is 0. The van der Waals surface area contributed by atoms with Crippen molar-refractivity contribution in [2.45, 2.75) is 38.8 Å². The molecule has 1 aliphatic rings. The summed E-state index contributed by atoms with van der Waals surface area (Å²) < 4.78 is 1.81. The molecule has 0 radical (unpaired) electrons. The molecule has 2 heterocycles. The Labute approximate surface area is 126 Å². The lowest BCUT2D eigenvalue weighted by atomic mass is 10.1. The summed E-state index contributed by atoms with van der Waals surface area (Å²) in [6.45, 7) is 5.15. The summed E-state index contributed by atoms with van der Waals surface area (Å²) in [7, 11) is 5.87. The summed E-state index contributed by atoms with van der Waals surface area (Å²) in [5.41, 5.74) is 2.95. The van der Waals surface area contributed by atoms with Gasteiger partial charge in [-0.2, -0.15) is 5.10 Å². The number of hydrogen-bond acceptors (Lipinski definition) is 4. The maximum Gasteiger partial charge on any atom is 0.227 e. The third-order valence-electron chi connectivity index (χ3n) is 4.28. The number of aliphatic hydroxyl groups is 1. The van der Waals surface area contributed by atoms with Gasteiger partial charge in [0, 0.05) is 37.4 Å². The number of aliphatic hydroxyl groups excluding tert-OH is 1. The van der Waals surface area contributed by atoms with Gasteiger partial charge in [0.25, 0.3) is 0 Å². The van der Waals surface area contributed by atoms with Gasteiger partial charge in [-0.25, -0.2) is 0 Å². The number of amides is 1. The molecular weight excluding hydrogens is 268 g/mol. The van der Waals surface area contributed by atoms with E-state index in [1.165, 1.54) is 0 Å². The first-order chi connectivity index (χ1) is 9.79. The molecule has 1 fully saturated rings. The quantitative estimate of drug-likeness (QED) is 0.856. The van der Waals surface area contributed by atoms with Crippen molar-refractivity contribution in [2.75, 3.05) is 27.2 Å². The average molecular weight is 294 g/mol. The maximum atomic E-state index is 12.6. The molecule has 1 N–H and O–H groups in total. The van der Waals surface area contributed by atoms with Crippen LogP contribution in [-0.2, 0) is 18.3 Å². The van der Waals surface area contributed by atoms with Gasteiger partial charge in [0.2, 0.25) is 5.91 Å². The lowest BCUT2D eigenvalue weighted by Gasteiger charge is -2.27. The van der Waals surface area contributed by atoms with E-state index < -0.39 is 6.10 Å². The van der Waals surface area contributed by atoms with Gasteiger partial charge >= 0.3 is 0 Å². The zero-order valence-corrected chi connectivity index (χ0v) is 13.6. The van der Waals surface area contributed by atoms with E-state index in [2.05, 4.69) is 10.00 Å². The highest BCUT2D eigenvalue weighted by atomic mass is 16.3. The number of β-amino-alcohol motifs (C(OH)–C–C–N with tert-alkyl or cyclic N) is 1. The largest absolute Gasteiger partial charge is 0.391 e. The monoisotopic (exact) mass is 294 g/mol. The van der Waals surface area contributed by atoms with Crippen LogP contribution < -0.4 is 0 Å². The maximum absolute atomic E-state index is 12.6. The van der Waals surface area contributed by atoms with Gasteiger partial charge in [-0.05, 0) is 34.4 Å². The normalized spacial score (nSPS) is 22.3. The number of aromatic nitrogens is 2. The van der Waals surface area contributed by atoms with E-state index in [0.717, 1.165) is 23.5 Å². The van der Waals surface area contributed by atoms with E-state index >= 15 is 0 Å². The Morgan fingerprint density at radius 2 is 2.10 bits per heavy atom. The van der Waals surface area contributed by atoms with Gasteiger partial charge in [-0.3, -0.25) is 9.48 Å². The summed E-state index contributed by atoms with van der Waals surface area (Å²) in [5.74, 6) is 0.0811. The predicted octanol–water partition coefficient (Wildman–Crippen LogP) is 0.103. The zero-order valence-electron chi connectivity index (χ0n) is 13.6. The Balaban J connectivity index is 2.11. The van der Waals surface area contributed by atoms with E-state index in [1.807, 2.05) is 44.6 Å². The Bertz CT molecular complexity index is 524. The Morgan fingerprint density at radius 1 is 1.43 bits per heavy atom. The lowest BCUT2D eigenvalue weighted by Crippen LogP contribution is -2.42. The van der Waals surface area contributed by atoms with Gasteiger partial charge in [0.05, 0.1) is 18.2 Å². The Morgan fingerprint density at radius 3 is 2.62 bits per heavy atom. The molecule has 6 heteroatoms. The van der Waals surface area contributed by atoms with E-state index in [9.17, 15) is 9.90 Å². The van der Waals surface area contributed by atoms with Crippen LogP contribution in [0.1, 0.15) is 23.4 Å². The minimum absolute atomic E-state index is 0.0811. The molecule has 0 saturated carbocycles. The summed E-state index contributed by atoms with van der Waals surface area (Å²) in [6.07, 6.45) is 0.617. The lowest BCUT2D eigenvalue weighted by molar-refractivity contribution is -0.131. The van der Waals surface area contributed by atoms with Crippen molar-refractivity contribution in [1.29, 1.82) is 0 Å². The summed E-state index contributed by atoms with van der Waals surface area (Å²) in [6, 6.07) is 0.0970.